The fraction of sp³-hybridized carbons (Fsp3) is 0.561. The van der Waals surface area contributed by atoms with Crippen LogP contribution in [0, 0.1) is 16.6 Å². The lowest BCUT2D eigenvalue weighted by atomic mass is 9.72. The van der Waals surface area contributed by atoms with Gasteiger partial charge in [-0.15, -0.1) is 0 Å². The Morgan fingerprint density at radius 1 is 0.893 bits per heavy atom. The lowest BCUT2D eigenvalue weighted by Crippen LogP contribution is -2.73. The molecule has 13 nitrogen and oxygen atoms in total. The molecular formula is C41H54FN7O6S. The summed E-state index contributed by atoms with van der Waals surface area (Å²) in [5, 5.41) is 0. The van der Waals surface area contributed by atoms with Gasteiger partial charge >= 0.3 is 6.09 Å². The summed E-state index contributed by atoms with van der Waals surface area (Å²) in [6.45, 7) is 19.2. The highest BCUT2D eigenvalue weighted by atomic mass is 32.2. The summed E-state index contributed by atoms with van der Waals surface area (Å²) in [7, 11) is -3.61. The van der Waals surface area contributed by atoms with Gasteiger partial charge in [-0.2, -0.15) is 4.31 Å². The molecule has 56 heavy (non-hydrogen) atoms. The van der Waals surface area contributed by atoms with Crippen LogP contribution >= 0.6 is 0 Å². The van der Waals surface area contributed by atoms with Crippen molar-refractivity contribution in [3.05, 3.63) is 71.9 Å². The molecule has 4 fully saturated rings. The van der Waals surface area contributed by atoms with Gasteiger partial charge in [-0.1, -0.05) is 12.1 Å². The summed E-state index contributed by atoms with van der Waals surface area (Å²) in [5.74, 6) is 0.484. The molecule has 0 saturated carbocycles. The molecule has 2 aromatic carbocycles. The third-order valence-electron chi connectivity index (χ3n) is 11.4. The summed E-state index contributed by atoms with van der Waals surface area (Å²) in [4.78, 5) is 42.9. The second-order valence-corrected chi connectivity index (χ2v) is 19.7. The fourth-order valence-electron chi connectivity index (χ4n) is 8.58. The monoisotopic (exact) mass is 791 g/mol. The van der Waals surface area contributed by atoms with Gasteiger partial charge in [0.1, 0.15) is 23.5 Å². The van der Waals surface area contributed by atoms with E-state index in [-0.39, 0.29) is 51.1 Å². The summed E-state index contributed by atoms with van der Waals surface area (Å²) in [5.41, 5.74) is 0.607. The highest BCUT2D eigenvalue weighted by molar-refractivity contribution is 7.89. The van der Waals surface area contributed by atoms with Crippen LogP contribution in [0.1, 0.15) is 77.2 Å². The van der Waals surface area contributed by atoms with Gasteiger partial charge in [-0.3, -0.25) is 9.69 Å². The maximum absolute atomic E-state index is 14.4. The predicted molar refractivity (Wildman–Crippen MR) is 210 cm³/mol. The molecule has 0 unspecified atom stereocenters. The molecule has 0 atom stereocenters. The highest BCUT2D eigenvalue weighted by Gasteiger charge is 2.57. The van der Waals surface area contributed by atoms with Gasteiger partial charge < -0.3 is 24.2 Å². The molecule has 4 saturated heterocycles. The zero-order chi connectivity index (χ0) is 40.2. The quantitative estimate of drug-likeness (QED) is 0.241. The highest BCUT2D eigenvalue weighted by Crippen LogP contribution is 2.46. The van der Waals surface area contributed by atoms with Gasteiger partial charge in [0, 0.05) is 68.7 Å². The molecule has 302 valence electrons. The van der Waals surface area contributed by atoms with E-state index in [4.69, 9.17) is 9.47 Å². The number of carbonyl (C=O) groups is 2. The molecule has 0 aliphatic carbocycles. The van der Waals surface area contributed by atoms with Crippen molar-refractivity contribution in [2.45, 2.75) is 90.4 Å². The van der Waals surface area contributed by atoms with Crippen LogP contribution < -0.4 is 9.64 Å². The number of anilines is 1. The number of rotatable bonds is 10. The number of carbonyl (C=O) groups excluding carboxylic acids is 2. The van der Waals surface area contributed by atoms with Crippen molar-refractivity contribution in [2.24, 2.45) is 10.8 Å². The van der Waals surface area contributed by atoms with Crippen LogP contribution in [0.3, 0.4) is 0 Å². The molecule has 0 N–H and O–H groups in total. The van der Waals surface area contributed by atoms with Gasteiger partial charge in [0.2, 0.25) is 10.0 Å². The summed E-state index contributed by atoms with van der Waals surface area (Å²) >= 11 is 0. The average Bonchev–Trinajstić information content (AvgIpc) is 3.06. The van der Waals surface area contributed by atoms with E-state index in [0.29, 0.717) is 37.7 Å². The van der Waals surface area contributed by atoms with Crippen molar-refractivity contribution in [3.63, 3.8) is 0 Å². The van der Waals surface area contributed by atoms with Gasteiger partial charge in [0.15, 0.2) is 11.6 Å². The first-order valence-corrected chi connectivity index (χ1v) is 20.9. The number of likely N-dealkylation sites (tertiary alicyclic amines) is 2. The van der Waals surface area contributed by atoms with Crippen molar-refractivity contribution in [2.75, 3.05) is 57.3 Å². The molecule has 3 aromatic rings. The van der Waals surface area contributed by atoms with E-state index in [1.807, 2.05) is 60.6 Å². The van der Waals surface area contributed by atoms with E-state index >= 15 is 0 Å². The Hall–Kier alpha value is -4.34. The number of benzene rings is 2. The third kappa shape index (κ3) is 8.08. The van der Waals surface area contributed by atoms with E-state index < -0.39 is 21.4 Å². The van der Waals surface area contributed by atoms with Gasteiger partial charge in [0.25, 0.3) is 5.91 Å². The minimum Gasteiger partial charge on any atom is -0.451 e. The number of aromatic nitrogens is 2. The average molecular weight is 792 g/mol. The summed E-state index contributed by atoms with van der Waals surface area (Å²) in [6, 6.07) is 11.1. The Bertz CT molecular complexity index is 2030. The Balaban J connectivity index is 0.904. The van der Waals surface area contributed by atoms with E-state index in [1.165, 1.54) is 28.8 Å². The Kier molecular flexibility index (Phi) is 10.6. The van der Waals surface area contributed by atoms with Crippen molar-refractivity contribution in [1.29, 1.82) is 0 Å². The molecule has 1 aromatic heterocycles. The van der Waals surface area contributed by atoms with Crippen LogP contribution in [0.2, 0.25) is 0 Å². The molecule has 2 amide bonds. The van der Waals surface area contributed by atoms with Crippen LogP contribution in [-0.4, -0.2) is 119 Å². The predicted octanol–water partition coefficient (Wildman–Crippen LogP) is 6.01. The molecule has 2 spiro atoms. The van der Waals surface area contributed by atoms with Crippen LogP contribution in [0.15, 0.2) is 59.9 Å². The number of ether oxygens (including phenoxy) is 2. The Morgan fingerprint density at radius 2 is 1.54 bits per heavy atom. The van der Waals surface area contributed by atoms with Crippen LogP contribution in [0.4, 0.5) is 15.0 Å². The van der Waals surface area contributed by atoms with Gasteiger partial charge in [0.05, 0.1) is 16.7 Å². The first-order valence-electron chi connectivity index (χ1n) is 19.5. The van der Waals surface area contributed by atoms with Crippen LogP contribution in [0.25, 0.3) is 0 Å². The molecule has 7 rings (SSSR count). The SMILES string of the molecule is CC(C)N(C(=O)c1cc(F)ccc1Oc1cncnc1N1CC2(CCN(Cc3ccc(S(=O)(=O)N4CC5(CN(C(=O)OC(C)(C)C)C5)C4)cc3)CC2)C1)C(C)C. The minimum absolute atomic E-state index is 0.0820. The molecule has 0 bridgehead atoms. The number of nitrogens with zero attached hydrogens (tertiary/aromatic N) is 7. The number of sulfonamides is 1. The first-order chi connectivity index (χ1) is 26.4. The second-order valence-electron chi connectivity index (χ2n) is 17.7. The lowest BCUT2D eigenvalue weighted by Gasteiger charge is -2.58. The first kappa shape index (κ1) is 39.9. The Labute approximate surface area is 329 Å². The van der Waals surface area contributed by atoms with Gasteiger partial charge in [-0.25, -0.2) is 27.6 Å². The standard InChI is InChI=1S/C41H54FN7O6S/c1-28(2)49(29(3)4)37(50)33-18-31(42)10-13-34(33)54-35-19-43-27-44-36(35)46-21-40(22-46)14-16-45(17-15-40)20-30-8-11-32(12-9-30)56(52,53)48-25-41(26-48)23-47(24-41)38(51)55-39(5,6)7/h8-13,18-19,27-29H,14-17,20-26H2,1-7H3. The second kappa shape index (κ2) is 14.9. The smallest absolute Gasteiger partial charge is 0.410 e. The molecule has 0 radical (unpaired) electrons. The fourth-order valence-corrected chi connectivity index (χ4v) is 10.2. The summed E-state index contributed by atoms with van der Waals surface area (Å²) < 4.78 is 54.4. The van der Waals surface area contributed by atoms with Gasteiger partial charge in [-0.05, 0) is 110 Å². The number of piperidine rings is 1. The molecule has 5 heterocycles. The number of hydrogen-bond donors (Lipinski definition) is 0. The minimum atomic E-state index is -3.61. The number of hydrogen-bond acceptors (Lipinski definition) is 10. The number of halogens is 1. The zero-order valence-electron chi connectivity index (χ0n) is 33.5. The van der Waals surface area contributed by atoms with E-state index in [2.05, 4.69) is 19.8 Å². The Morgan fingerprint density at radius 3 is 2.14 bits per heavy atom. The molecule has 4 aliphatic heterocycles. The topological polar surface area (TPSA) is 129 Å². The van der Waals surface area contributed by atoms with Crippen molar-refractivity contribution in [1.82, 2.24) is 29.0 Å². The lowest BCUT2D eigenvalue weighted by molar-refractivity contribution is -0.0839. The molecule has 4 aliphatic rings. The largest absolute Gasteiger partial charge is 0.451 e. The normalized spacial score (nSPS) is 19.5. The molecule has 15 heteroatoms. The van der Waals surface area contributed by atoms with Crippen molar-refractivity contribution < 1.29 is 31.9 Å². The van der Waals surface area contributed by atoms with Crippen LogP contribution in [0.5, 0.6) is 11.5 Å². The summed E-state index contributed by atoms with van der Waals surface area (Å²) in [6.07, 6.45) is 4.74. The third-order valence-corrected chi connectivity index (χ3v) is 13.2. The maximum Gasteiger partial charge on any atom is 0.410 e. The van der Waals surface area contributed by atoms with Crippen molar-refractivity contribution in [3.8, 4) is 11.5 Å². The van der Waals surface area contributed by atoms with E-state index in [1.54, 1.807) is 28.1 Å². The van der Waals surface area contributed by atoms with E-state index in [0.717, 1.165) is 51.1 Å². The molecular weight excluding hydrogens is 738 g/mol. The maximum atomic E-state index is 14.4. The zero-order valence-corrected chi connectivity index (χ0v) is 34.3. The number of amides is 2. The van der Waals surface area contributed by atoms with Crippen LogP contribution in [-0.2, 0) is 21.3 Å². The van der Waals surface area contributed by atoms with Crippen molar-refractivity contribution >= 4 is 27.8 Å². The van der Waals surface area contributed by atoms with E-state index in [9.17, 15) is 22.4 Å².